The second-order valence-electron chi connectivity index (χ2n) is 6.47. The predicted molar refractivity (Wildman–Crippen MR) is 94.7 cm³/mol. The number of carbonyl (C=O) groups is 1. The van der Waals surface area contributed by atoms with E-state index in [1.807, 2.05) is 35.3 Å². The van der Waals surface area contributed by atoms with Gasteiger partial charge in [-0.1, -0.05) is 59.1 Å². The van der Waals surface area contributed by atoms with E-state index < -0.39 is 0 Å². The highest BCUT2D eigenvalue weighted by atomic mass is 79.9. The van der Waals surface area contributed by atoms with Gasteiger partial charge in [0.25, 0.3) is 0 Å². The molecule has 118 valence electrons. The zero-order valence-electron chi connectivity index (χ0n) is 12.8. The number of rotatable bonds is 3. The van der Waals surface area contributed by atoms with Gasteiger partial charge in [0.1, 0.15) is 0 Å². The van der Waals surface area contributed by atoms with Gasteiger partial charge in [-0.15, -0.1) is 0 Å². The molecule has 1 aliphatic heterocycles. The zero-order chi connectivity index (χ0) is 15.9. The number of hydrogen-bond acceptors (Lipinski definition) is 2. The smallest absolute Gasteiger partial charge is 0.250 e. The summed E-state index contributed by atoms with van der Waals surface area (Å²) in [4.78, 5) is 12.9. The first-order chi connectivity index (χ1) is 11.2. The Morgan fingerprint density at radius 1 is 1.00 bits per heavy atom. The van der Waals surface area contributed by atoms with E-state index in [0.29, 0.717) is 0 Å². The molecule has 1 spiro atoms. The van der Waals surface area contributed by atoms with Crippen LogP contribution in [0, 0.1) is 5.41 Å². The van der Waals surface area contributed by atoms with Gasteiger partial charge < -0.3 is 0 Å². The summed E-state index contributed by atoms with van der Waals surface area (Å²) in [6.07, 6.45) is 4.30. The molecular weight excluding hydrogens is 352 g/mol. The minimum Gasteiger partial charge on any atom is -0.295 e. The van der Waals surface area contributed by atoms with Gasteiger partial charge in [-0.2, -0.15) is 0 Å². The van der Waals surface area contributed by atoms with Crippen LogP contribution in [0.15, 0.2) is 59.1 Å². The average molecular weight is 371 g/mol. The van der Waals surface area contributed by atoms with Crippen molar-refractivity contribution in [3.05, 3.63) is 64.6 Å². The van der Waals surface area contributed by atoms with Gasteiger partial charge in [0.15, 0.2) is 0 Å². The minimum absolute atomic E-state index is 0.116. The molecule has 23 heavy (non-hydrogen) atoms. The highest BCUT2D eigenvalue weighted by Crippen LogP contribution is 2.58. The molecule has 0 bridgehead atoms. The van der Waals surface area contributed by atoms with E-state index in [4.69, 9.17) is 0 Å². The lowest BCUT2D eigenvalue weighted by atomic mass is 9.67. The highest BCUT2D eigenvalue weighted by Gasteiger charge is 2.62. The molecular formula is C19H19BrN2O. The second-order valence-corrected chi connectivity index (χ2v) is 7.39. The van der Waals surface area contributed by atoms with Crippen molar-refractivity contribution in [2.24, 2.45) is 5.41 Å². The van der Waals surface area contributed by atoms with Crippen molar-refractivity contribution < 1.29 is 4.79 Å². The van der Waals surface area contributed by atoms with Gasteiger partial charge in [-0.3, -0.25) is 10.2 Å². The Bertz CT molecular complexity index is 708. The van der Waals surface area contributed by atoms with Crippen LogP contribution in [0.4, 0.5) is 5.69 Å². The molecule has 0 radical (unpaired) electrons. The summed E-state index contributed by atoms with van der Waals surface area (Å²) >= 11 is 3.49. The molecule has 2 aromatic rings. The first-order valence-electron chi connectivity index (χ1n) is 8.12. The number of carbonyl (C=O) groups excluding carboxylic acids is 1. The lowest BCUT2D eigenvalue weighted by Gasteiger charge is -2.54. The fraction of sp³-hybridized carbons (Fsp3) is 0.316. The Kier molecular flexibility index (Phi) is 3.64. The minimum atomic E-state index is -0.199. The third-order valence-electron chi connectivity index (χ3n) is 5.13. The maximum absolute atomic E-state index is 12.9. The number of hydrazine groups is 1. The van der Waals surface area contributed by atoms with Gasteiger partial charge in [-0.25, -0.2) is 5.01 Å². The molecule has 1 atom stereocenters. The Morgan fingerprint density at radius 2 is 1.65 bits per heavy atom. The van der Waals surface area contributed by atoms with Gasteiger partial charge >= 0.3 is 0 Å². The van der Waals surface area contributed by atoms with Crippen LogP contribution in [-0.2, 0) is 4.79 Å². The second kappa shape index (κ2) is 5.68. The monoisotopic (exact) mass is 370 g/mol. The number of amides is 1. The Balaban J connectivity index is 1.67. The third kappa shape index (κ3) is 2.36. The number of nitrogens with one attached hydrogen (secondary N) is 1. The fourth-order valence-corrected chi connectivity index (χ4v) is 4.29. The van der Waals surface area contributed by atoms with E-state index in [2.05, 4.69) is 45.6 Å². The normalized spacial score (nSPS) is 22.2. The van der Waals surface area contributed by atoms with Crippen LogP contribution in [0.25, 0.3) is 0 Å². The molecule has 2 fully saturated rings. The summed E-state index contributed by atoms with van der Waals surface area (Å²) in [5.41, 5.74) is 5.28. The quantitative estimate of drug-likeness (QED) is 0.777. The SMILES string of the molecule is O=C1N(Nc2ccccc2)[C@H](c2ccc(Br)cc2)C12CCCC2. The number of para-hydroxylation sites is 1. The molecule has 2 aliphatic rings. The number of halogens is 1. The van der Waals surface area contributed by atoms with Crippen LogP contribution in [0.3, 0.4) is 0 Å². The number of benzene rings is 2. The molecule has 0 unspecified atom stereocenters. The van der Waals surface area contributed by atoms with Crippen LogP contribution in [0.1, 0.15) is 37.3 Å². The van der Waals surface area contributed by atoms with E-state index >= 15 is 0 Å². The lowest BCUT2D eigenvalue weighted by Crippen LogP contribution is -2.64. The number of anilines is 1. The summed E-state index contributed by atoms with van der Waals surface area (Å²) in [6, 6.07) is 18.4. The molecule has 4 heteroatoms. The summed E-state index contributed by atoms with van der Waals surface area (Å²) in [5.74, 6) is 0.242. The Morgan fingerprint density at radius 3 is 2.30 bits per heavy atom. The Hall–Kier alpha value is -1.81. The molecule has 1 N–H and O–H groups in total. The van der Waals surface area contributed by atoms with Crippen molar-refractivity contribution in [3.63, 3.8) is 0 Å². The number of hydrogen-bond donors (Lipinski definition) is 1. The van der Waals surface area contributed by atoms with Gasteiger partial charge in [-0.05, 0) is 42.7 Å². The molecule has 1 saturated carbocycles. The molecule has 0 aromatic heterocycles. The molecule has 1 saturated heterocycles. The molecule has 1 amide bonds. The van der Waals surface area contributed by atoms with Crippen molar-refractivity contribution in [1.82, 2.24) is 5.01 Å². The number of β-lactam (4-membered cyclic amide) rings is 1. The van der Waals surface area contributed by atoms with Crippen molar-refractivity contribution in [3.8, 4) is 0 Å². The summed E-state index contributed by atoms with van der Waals surface area (Å²) in [6.45, 7) is 0. The van der Waals surface area contributed by atoms with Gasteiger partial charge in [0.2, 0.25) is 5.91 Å². The van der Waals surface area contributed by atoms with Crippen LogP contribution in [0.5, 0.6) is 0 Å². The first kappa shape index (κ1) is 14.8. The number of nitrogens with zero attached hydrogens (tertiary/aromatic N) is 1. The van der Waals surface area contributed by atoms with Crippen LogP contribution < -0.4 is 5.43 Å². The zero-order valence-corrected chi connectivity index (χ0v) is 14.4. The predicted octanol–water partition coefficient (Wildman–Crippen LogP) is 4.92. The fourth-order valence-electron chi connectivity index (χ4n) is 4.03. The molecule has 3 nitrogen and oxygen atoms in total. The molecule has 2 aromatic carbocycles. The first-order valence-corrected chi connectivity index (χ1v) is 8.91. The largest absolute Gasteiger partial charge is 0.295 e. The highest BCUT2D eigenvalue weighted by molar-refractivity contribution is 9.10. The Labute approximate surface area is 144 Å². The topological polar surface area (TPSA) is 32.3 Å². The van der Waals surface area contributed by atoms with Crippen molar-refractivity contribution in [2.45, 2.75) is 31.7 Å². The summed E-state index contributed by atoms with van der Waals surface area (Å²) in [5, 5.41) is 1.82. The average Bonchev–Trinajstić information content (AvgIpc) is 3.09. The van der Waals surface area contributed by atoms with Crippen molar-refractivity contribution in [2.75, 3.05) is 5.43 Å². The summed E-state index contributed by atoms with van der Waals surface area (Å²) in [7, 11) is 0. The molecule has 1 aliphatic carbocycles. The van der Waals surface area contributed by atoms with E-state index in [1.165, 1.54) is 5.56 Å². The van der Waals surface area contributed by atoms with E-state index in [1.54, 1.807) is 0 Å². The van der Waals surface area contributed by atoms with Gasteiger partial charge in [0, 0.05) is 4.47 Å². The third-order valence-corrected chi connectivity index (χ3v) is 5.66. The van der Waals surface area contributed by atoms with Crippen LogP contribution >= 0.6 is 15.9 Å². The van der Waals surface area contributed by atoms with E-state index in [-0.39, 0.29) is 17.4 Å². The van der Waals surface area contributed by atoms with E-state index in [9.17, 15) is 4.79 Å². The van der Waals surface area contributed by atoms with Crippen molar-refractivity contribution in [1.29, 1.82) is 0 Å². The van der Waals surface area contributed by atoms with Crippen molar-refractivity contribution >= 4 is 27.5 Å². The lowest BCUT2D eigenvalue weighted by molar-refractivity contribution is -0.169. The standard InChI is InChI=1S/C19H19BrN2O/c20-15-10-8-14(9-11-15)17-19(12-4-5-13-19)18(23)22(17)21-16-6-2-1-3-7-16/h1-3,6-11,17,21H,4-5,12-13H2/t17-/m1/s1. The maximum Gasteiger partial charge on any atom is 0.250 e. The molecule has 4 rings (SSSR count). The van der Waals surface area contributed by atoms with Gasteiger partial charge in [0.05, 0.1) is 17.1 Å². The van der Waals surface area contributed by atoms with E-state index in [0.717, 1.165) is 35.8 Å². The molecule has 1 heterocycles. The maximum atomic E-state index is 12.9. The van der Waals surface area contributed by atoms with Crippen LogP contribution in [-0.4, -0.2) is 10.9 Å². The van der Waals surface area contributed by atoms with Crippen LogP contribution in [0.2, 0.25) is 0 Å². The summed E-state index contributed by atoms with van der Waals surface area (Å²) < 4.78 is 1.06.